The van der Waals surface area contributed by atoms with E-state index in [1.807, 2.05) is 12.1 Å². The van der Waals surface area contributed by atoms with Crippen molar-refractivity contribution in [1.29, 1.82) is 0 Å². The van der Waals surface area contributed by atoms with Crippen LogP contribution in [0.3, 0.4) is 0 Å². The van der Waals surface area contributed by atoms with Crippen molar-refractivity contribution in [2.24, 2.45) is 0 Å². The van der Waals surface area contributed by atoms with E-state index in [2.05, 4.69) is 58.2 Å². The summed E-state index contributed by atoms with van der Waals surface area (Å²) in [5.41, 5.74) is 6.15. The molecule has 6 heteroatoms. The molecule has 1 atom stereocenters. The number of halogens is 4. The molecular formula is C16H11BrCl3NZr. The van der Waals surface area contributed by atoms with Gasteiger partial charge in [0.05, 0.1) is 0 Å². The summed E-state index contributed by atoms with van der Waals surface area (Å²) in [6.45, 7) is 0. The Labute approximate surface area is 153 Å². The molecule has 0 N–H and O–H groups in total. The van der Waals surface area contributed by atoms with Crippen molar-refractivity contribution in [2.45, 2.75) is 6.04 Å². The Kier molecular flexibility index (Phi) is 3.83. The Morgan fingerprint density at radius 3 is 2.64 bits per heavy atom. The number of rotatable bonds is 1. The van der Waals surface area contributed by atoms with Crippen LogP contribution in [0.1, 0.15) is 22.7 Å². The molecule has 4 rings (SSSR count). The van der Waals surface area contributed by atoms with Gasteiger partial charge in [-0.2, -0.15) is 0 Å². The Hall–Kier alpha value is 0.213. The Bertz CT molecular complexity index is 829. The van der Waals surface area contributed by atoms with Gasteiger partial charge in [-0.15, -0.1) is 0 Å². The van der Waals surface area contributed by atoms with E-state index in [9.17, 15) is 0 Å². The molecule has 2 aliphatic rings. The van der Waals surface area contributed by atoms with E-state index in [4.69, 9.17) is 25.5 Å². The van der Waals surface area contributed by atoms with Gasteiger partial charge >= 0.3 is 154 Å². The summed E-state index contributed by atoms with van der Waals surface area (Å²) in [7, 11) is 21.2. The van der Waals surface area contributed by atoms with Crippen molar-refractivity contribution in [3.63, 3.8) is 0 Å². The number of fused-ring (bicyclic) bond motifs is 5. The first-order valence-corrected chi connectivity index (χ1v) is 18.3. The first-order valence-electron chi connectivity index (χ1n) is 6.82. The standard InChI is InChI=1S/C16H11BrN.3ClH.Zr/c1-18-15-7-6-11(17)9-13(15)14-8-10-4-2-3-5-12(10)16(14)18;;;;/h2-3,5-9,16H,1H3;3*1H;/q;;;;+3/p-3. The molecule has 2 aromatic rings. The zero-order valence-corrected chi connectivity index (χ0v) is 17.9. The third kappa shape index (κ3) is 2.28. The van der Waals surface area contributed by atoms with E-state index in [1.54, 1.807) is 0 Å². The molecular weight excluding hydrogens is 484 g/mol. The number of anilines is 1. The van der Waals surface area contributed by atoms with Gasteiger partial charge in [0, 0.05) is 0 Å². The molecule has 112 valence electrons. The van der Waals surface area contributed by atoms with Gasteiger partial charge in [0.2, 0.25) is 0 Å². The fourth-order valence-electron chi connectivity index (χ4n) is 3.46. The molecule has 1 aliphatic carbocycles. The molecule has 0 radical (unpaired) electrons. The van der Waals surface area contributed by atoms with Crippen LogP contribution in [0, 0.1) is 0 Å². The first kappa shape index (κ1) is 15.7. The number of hydrogen-bond donors (Lipinski definition) is 0. The summed E-state index contributed by atoms with van der Waals surface area (Å²) >= 11 is -0.122. The molecule has 22 heavy (non-hydrogen) atoms. The predicted octanol–water partition coefficient (Wildman–Crippen LogP) is 5.73. The fourth-order valence-corrected chi connectivity index (χ4v) is 8.73. The molecule has 2 aromatic carbocycles. The van der Waals surface area contributed by atoms with Gasteiger partial charge in [0.15, 0.2) is 0 Å². The van der Waals surface area contributed by atoms with Crippen LogP contribution in [0.4, 0.5) is 5.69 Å². The van der Waals surface area contributed by atoms with Crippen LogP contribution in [-0.2, 0) is 16.7 Å². The second-order valence-corrected chi connectivity index (χ2v) is 23.8. The summed E-state index contributed by atoms with van der Waals surface area (Å²) in [5.74, 6) is 0. The van der Waals surface area contributed by atoms with Gasteiger partial charge in [-0.1, -0.05) is 0 Å². The Balaban J connectivity index is 1.96. The number of likely N-dealkylation sites (N-methyl/N-ethyl adjacent to an activating group) is 1. The third-order valence-corrected chi connectivity index (χ3v) is 11.1. The predicted molar refractivity (Wildman–Crippen MR) is 96.8 cm³/mol. The van der Waals surface area contributed by atoms with Crippen molar-refractivity contribution < 1.29 is 16.7 Å². The van der Waals surface area contributed by atoms with E-state index < -0.39 is 16.7 Å². The summed E-state index contributed by atoms with van der Waals surface area (Å²) in [4.78, 5) is 2.30. The van der Waals surface area contributed by atoms with E-state index in [-0.39, 0.29) is 6.04 Å². The molecule has 0 spiro atoms. The van der Waals surface area contributed by atoms with E-state index >= 15 is 0 Å². The van der Waals surface area contributed by atoms with Gasteiger partial charge in [-0.25, -0.2) is 0 Å². The van der Waals surface area contributed by atoms with E-state index in [1.165, 1.54) is 22.4 Å². The Morgan fingerprint density at radius 2 is 1.91 bits per heavy atom. The SMILES string of the molecule is CN1c2ccc(Br)cc2C2=Cc3c(ccc[c]3[Zr]([Cl])([Cl])[Cl])C21. The van der Waals surface area contributed by atoms with Crippen molar-refractivity contribution in [3.05, 3.63) is 57.6 Å². The van der Waals surface area contributed by atoms with Gasteiger partial charge in [0.25, 0.3) is 0 Å². The van der Waals surface area contributed by atoms with Gasteiger partial charge in [-0.05, 0) is 0 Å². The van der Waals surface area contributed by atoms with Crippen LogP contribution in [0.2, 0.25) is 0 Å². The normalized spacial score (nSPS) is 18.9. The molecule has 0 amide bonds. The summed E-state index contributed by atoms with van der Waals surface area (Å²) in [6, 6.07) is 12.7. The van der Waals surface area contributed by atoms with Crippen molar-refractivity contribution >= 4 is 62.1 Å². The quantitative estimate of drug-likeness (QED) is 0.489. The van der Waals surface area contributed by atoms with Gasteiger partial charge < -0.3 is 0 Å². The zero-order valence-electron chi connectivity index (χ0n) is 11.6. The van der Waals surface area contributed by atoms with E-state index in [0.29, 0.717) is 0 Å². The van der Waals surface area contributed by atoms with Crippen molar-refractivity contribution in [2.75, 3.05) is 11.9 Å². The van der Waals surface area contributed by atoms with Gasteiger partial charge in [0.1, 0.15) is 0 Å². The first-order chi connectivity index (χ1) is 10.4. The Morgan fingerprint density at radius 1 is 1.14 bits per heavy atom. The minimum atomic E-state index is -3.69. The number of nitrogens with zero attached hydrogens (tertiary/aromatic N) is 1. The molecule has 0 aromatic heterocycles. The monoisotopic (exact) mass is 491 g/mol. The number of hydrogen-bond acceptors (Lipinski definition) is 1. The third-order valence-electron chi connectivity index (χ3n) is 4.37. The maximum absolute atomic E-state index is 6.35. The van der Waals surface area contributed by atoms with Crippen LogP contribution in [0.25, 0.3) is 11.6 Å². The van der Waals surface area contributed by atoms with Gasteiger partial charge in [-0.3, -0.25) is 0 Å². The van der Waals surface area contributed by atoms with Crippen molar-refractivity contribution in [3.8, 4) is 0 Å². The maximum atomic E-state index is 6.35. The molecule has 1 aliphatic heterocycles. The molecule has 0 bridgehead atoms. The summed E-state index contributed by atoms with van der Waals surface area (Å²) in [5, 5.41) is 0. The fraction of sp³-hybridized carbons (Fsp3) is 0.125. The summed E-state index contributed by atoms with van der Waals surface area (Å²) in [6.07, 6.45) is 2.21. The summed E-state index contributed by atoms with van der Waals surface area (Å²) < 4.78 is 2.03. The van der Waals surface area contributed by atoms with Crippen LogP contribution >= 0.6 is 41.5 Å². The molecule has 1 unspecified atom stereocenters. The average Bonchev–Trinajstić information content (AvgIpc) is 2.94. The minimum absolute atomic E-state index is 0.220. The molecule has 0 saturated carbocycles. The average molecular weight is 495 g/mol. The molecule has 1 heterocycles. The second kappa shape index (κ2) is 5.36. The van der Waals surface area contributed by atoms with Crippen LogP contribution in [0.5, 0.6) is 0 Å². The molecule has 0 fully saturated rings. The molecule has 1 nitrogen and oxygen atoms in total. The van der Waals surface area contributed by atoms with Crippen LogP contribution in [-0.4, -0.2) is 7.05 Å². The van der Waals surface area contributed by atoms with Crippen LogP contribution in [0.15, 0.2) is 40.9 Å². The van der Waals surface area contributed by atoms with E-state index in [0.717, 1.165) is 13.3 Å². The molecule has 0 saturated heterocycles. The zero-order chi connectivity index (χ0) is 15.6. The van der Waals surface area contributed by atoms with Crippen molar-refractivity contribution in [1.82, 2.24) is 0 Å². The van der Waals surface area contributed by atoms with Crippen LogP contribution < -0.4 is 8.17 Å². The second-order valence-electron chi connectivity index (χ2n) is 5.58. The number of benzene rings is 2. The topological polar surface area (TPSA) is 3.24 Å².